The van der Waals surface area contributed by atoms with Crippen LogP contribution >= 0.6 is 0 Å². The van der Waals surface area contributed by atoms with Gasteiger partial charge in [0.1, 0.15) is 18.1 Å². The van der Waals surface area contributed by atoms with Gasteiger partial charge in [0.15, 0.2) is 5.54 Å². The third kappa shape index (κ3) is 4.08. The Balaban J connectivity index is 1.34. The van der Waals surface area contributed by atoms with Gasteiger partial charge in [-0.15, -0.1) is 0 Å². The number of H-pyrrole nitrogens is 1. The Morgan fingerprint density at radius 1 is 1.11 bits per heavy atom. The molecule has 1 fully saturated rings. The van der Waals surface area contributed by atoms with E-state index in [0.29, 0.717) is 5.76 Å². The maximum absolute atomic E-state index is 13.0. The van der Waals surface area contributed by atoms with E-state index in [-0.39, 0.29) is 12.5 Å². The molecule has 2 atom stereocenters. The first-order valence-electron chi connectivity index (χ1n) is 11.6. The van der Waals surface area contributed by atoms with Gasteiger partial charge in [0.25, 0.3) is 5.91 Å². The molecule has 3 heterocycles. The van der Waals surface area contributed by atoms with Crippen LogP contribution in [0.4, 0.5) is 4.79 Å². The molecule has 0 aliphatic carbocycles. The molecule has 5 rings (SSSR count). The topological polar surface area (TPSA) is 117 Å². The molecule has 2 aromatic carbocycles. The quantitative estimate of drug-likeness (QED) is 0.330. The van der Waals surface area contributed by atoms with E-state index in [2.05, 4.69) is 15.6 Å². The van der Waals surface area contributed by atoms with E-state index in [4.69, 9.17) is 9.15 Å². The summed E-state index contributed by atoms with van der Waals surface area (Å²) in [5, 5.41) is 6.59. The van der Waals surface area contributed by atoms with Gasteiger partial charge in [-0.3, -0.25) is 14.5 Å². The zero-order valence-corrected chi connectivity index (χ0v) is 19.9. The van der Waals surface area contributed by atoms with Crippen molar-refractivity contribution < 1.29 is 23.5 Å². The Hall–Kier alpha value is -4.53. The van der Waals surface area contributed by atoms with Crippen molar-refractivity contribution in [3.05, 3.63) is 90.0 Å². The summed E-state index contributed by atoms with van der Waals surface area (Å²) in [6, 6.07) is 18.2. The van der Waals surface area contributed by atoms with Gasteiger partial charge < -0.3 is 24.8 Å². The van der Waals surface area contributed by atoms with Crippen molar-refractivity contribution in [2.75, 3.05) is 20.2 Å². The molecule has 0 saturated carbocycles. The SMILES string of the molecule is COc1ccc(C(CNC(=O)CN2C(=O)NC(C)(c3ccco3)C2=O)c2c[nH]c3ccccc23)cc1. The number of aromatic amines is 1. The summed E-state index contributed by atoms with van der Waals surface area (Å²) in [6.07, 6.45) is 3.37. The first kappa shape index (κ1) is 23.2. The molecule has 4 aromatic rings. The van der Waals surface area contributed by atoms with Crippen LogP contribution in [-0.4, -0.2) is 47.9 Å². The van der Waals surface area contributed by atoms with Crippen LogP contribution in [0.5, 0.6) is 5.75 Å². The average molecular weight is 487 g/mol. The van der Waals surface area contributed by atoms with Gasteiger partial charge in [-0.05, 0) is 48.4 Å². The number of nitrogens with one attached hydrogen (secondary N) is 3. The van der Waals surface area contributed by atoms with Gasteiger partial charge in [-0.2, -0.15) is 0 Å². The minimum absolute atomic E-state index is 0.174. The van der Waals surface area contributed by atoms with Crippen molar-refractivity contribution in [3.63, 3.8) is 0 Å². The van der Waals surface area contributed by atoms with Gasteiger partial charge >= 0.3 is 6.03 Å². The van der Waals surface area contributed by atoms with Crippen LogP contribution in [0.2, 0.25) is 0 Å². The number of carbonyl (C=O) groups is 3. The van der Waals surface area contributed by atoms with E-state index < -0.39 is 29.9 Å². The number of fused-ring (bicyclic) bond motifs is 1. The standard InChI is InChI=1S/C27H26N4O5/c1-27(23-8-5-13-36-23)25(33)31(26(34)30-27)16-24(32)29-14-20(17-9-11-18(35-2)12-10-17)21-15-28-22-7-4-3-6-19(21)22/h3-13,15,20,28H,14,16H2,1-2H3,(H,29,32)(H,30,34). The Labute approximate surface area is 207 Å². The molecule has 1 aliphatic rings. The summed E-state index contributed by atoms with van der Waals surface area (Å²) in [4.78, 5) is 42.7. The predicted octanol–water partition coefficient (Wildman–Crippen LogP) is 3.48. The normalized spacial score (nSPS) is 18.3. The number of ether oxygens (including phenoxy) is 1. The number of hydrogen-bond donors (Lipinski definition) is 3. The molecule has 1 saturated heterocycles. The number of imide groups is 1. The van der Waals surface area contributed by atoms with Gasteiger partial charge in [-0.1, -0.05) is 30.3 Å². The van der Waals surface area contributed by atoms with Crippen LogP contribution < -0.4 is 15.4 Å². The van der Waals surface area contributed by atoms with E-state index in [1.54, 1.807) is 26.2 Å². The van der Waals surface area contributed by atoms with Crippen LogP contribution in [0.3, 0.4) is 0 Å². The Morgan fingerprint density at radius 3 is 2.61 bits per heavy atom. The highest BCUT2D eigenvalue weighted by Gasteiger charge is 2.51. The molecule has 2 aromatic heterocycles. The maximum atomic E-state index is 13.0. The Morgan fingerprint density at radius 2 is 1.89 bits per heavy atom. The van der Waals surface area contributed by atoms with Crippen LogP contribution in [0, 0.1) is 0 Å². The third-order valence-electron chi connectivity index (χ3n) is 6.61. The van der Waals surface area contributed by atoms with Gasteiger partial charge in [0, 0.05) is 29.6 Å². The van der Waals surface area contributed by atoms with Crippen molar-refractivity contribution in [1.82, 2.24) is 20.5 Å². The Bertz CT molecular complexity index is 1410. The number of urea groups is 1. The summed E-state index contributed by atoms with van der Waals surface area (Å²) in [5.41, 5.74) is 1.66. The molecule has 1 aliphatic heterocycles. The largest absolute Gasteiger partial charge is 0.497 e. The number of aromatic nitrogens is 1. The number of para-hydroxylation sites is 1. The number of nitrogens with zero attached hydrogens (tertiary/aromatic N) is 1. The number of methoxy groups -OCH3 is 1. The fourth-order valence-electron chi connectivity index (χ4n) is 4.61. The fourth-order valence-corrected chi connectivity index (χ4v) is 4.61. The highest BCUT2D eigenvalue weighted by molar-refractivity contribution is 6.08. The minimum Gasteiger partial charge on any atom is -0.497 e. The monoisotopic (exact) mass is 486 g/mol. The van der Waals surface area contributed by atoms with Crippen molar-refractivity contribution in [2.24, 2.45) is 0 Å². The molecule has 0 bridgehead atoms. The van der Waals surface area contributed by atoms with Gasteiger partial charge in [0.2, 0.25) is 5.91 Å². The zero-order valence-electron chi connectivity index (χ0n) is 19.9. The second kappa shape index (κ2) is 9.26. The molecule has 36 heavy (non-hydrogen) atoms. The van der Waals surface area contributed by atoms with Crippen LogP contribution in [0.15, 0.2) is 77.5 Å². The lowest BCUT2D eigenvalue weighted by Gasteiger charge is -2.20. The Kier molecular flexibility index (Phi) is 5.97. The lowest BCUT2D eigenvalue weighted by Crippen LogP contribution is -2.43. The van der Waals surface area contributed by atoms with E-state index in [9.17, 15) is 14.4 Å². The van der Waals surface area contributed by atoms with Crippen LogP contribution in [-0.2, 0) is 15.1 Å². The van der Waals surface area contributed by atoms with Crippen molar-refractivity contribution >= 4 is 28.7 Å². The minimum atomic E-state index is -1.35. The maximum Gasteiger partial charge on any atom is 0.325 e. The second-order valence-electron chi connectivity index (χ2n) is 8.84. The first-order chi connectivity index (χ1) is 17.4. The molecular formula is C27H26N4O5. The average Bonchev–Trinajstić information content (AvgIpc) is 3.62. The lowest BCUT2D eigenvalue weighted by atomic mass is 9.90. The summed E-state index contributed by atoms with van der Waals surface area (Å²) < 4.78 is 10.6. The molecule has 184 valence electrons. The number of hydrogen-bond acceptors (Lipinski definition) is 5. The number of benzene rings is 2. The zero-order chi connectivity index (χ0) is 25.3. The number of furan rings is 1. The van der Waals surface area contributed by atoms with E-state index in [1.165, 1.54) is 6.26 Å². The van der Waals surface area contributed by atoms with Crippen LogP contribution in [0.1, 0.15) is 29.7 Å². The highest BCUT2D eigenvalue weighted by atomic mass is 16.5. The van der Waals surface area contributed by atoms with E-state index >= 15 is 0 Å². The summed E-state index contributed by atoms with van der Waals surface area (Å²) in [7, 11) is 1.61. The highest BCUT2D eigenvalue weighted by Crippen LogP contribution is 2.32. The fraction of sp³-hybridized carbons (Fsp3) is 0.222. The summed E-state index contributed by atoms with van der Waals surface area (Å²) in [6.45, 7) is 1.43. The molecule has 3 N–H and O–H groups in total. The number of amides is 4. The number of rotatable bonds is 8. The molecule has 4 amide bonds. The van der Waals surface area contributed by atoms with Crippen LogP contribution in [0.25, 0.3) is 10.9 Å². The second-order valence-corrected chi connectivity index (χ2v) is 8.84. The molecular weight excluding hydrogens is 460 g/mol. The van der Waals surface area contributed by atoms with Gasteiger partial charge in [0.05, 0.1) is 13.4 Å². The smallest absolute Gasteiger partial charge is 0.325 e. The third-order valence-corrected chi connectivity index (χ3v) is 6.61. The molecule has 9 nitrogen and oxygen atoms in total. The van der Waals surface area contributed by atoms with Gasteiger partial charge in [-0.25, -0.2) is 4.79 Å². The van der Waals surface area contributed by atoms with Crippen molar-refractivity contribution in [2.45, 2.75) is 18.4 Å². The number of carbonyl (C=O) groups excluding carboxylic acids is 3. The van der Waals surface area contributed by atoms with Crippen molar-refractivity contribution in [1.29, 1.82) is 0 Å². The van der Waals surface area contributed by atoms with Crippen molar-refractivity contribution in [3.8, 4) is 5.75 Å². The predicted molar refractivity (Wildman–Crippen MR) is 132 cm³/mol. The first-order valence-corrected chi connectivity index (χ1v) is 11.6. The summed E-state index contributed by atoms with van der Waals surface area (Å²) in [5.74, 6) is -0.115. The summed E-state index contributed by atoms with van der Waals surface area (Å²) >= 11 is 0. The molecule has 9 heteroatoms. The van der Waals surface area contributed by atoms with E-state index in [1.807, 2.05) is 54.7 Å². The van der Waals surface area contributed by atoms with E-state index in [0.717, 1.165) is 32.7 Å². The molecule has 0 spiro atoms. The molecule has 2 unspecified atom stereocenters. The molecule has 0 radical (unpaired) electrons. The lowest BCUT2D eigenvalue weighted by molar-refractivity contribution is -0.135.